The molecule has 0 bridgehead atoms. The van der Waals surface area contributed by atoms with Crippen molar-refractivity contribution < 1.29 is 0 Å². The summed E-state index contributed by atoms with van der Waals surface area (Å²) in [5.41, 5.74) is 0. The van der Waals surface area contributed by atoms with E-state index >= 15 is 0 Å². The quantitative estimate of drug-likeness (QED) is 0.501. The lowest BCUT2D eigenvalue weighted by Gasteiger charge is -2.41. The minimum absolute atomic E-state index is 0.106. The van der Waals surface area contributed by atoms with Crippen LogP contribution >= 0.6 is 55.2 Å². The van der Waals surface area contributed by atoms with Gasteiger partial charge in [-0.05, 0) is 30.1 Å². The molecule has 68 valence electrons. The van der Waals surface area contributed by atoms with Crippen molar-refractivity contribution in [2.45, 2.75) is 19.3 Å². The molecule has 1 saturated heterocycles. The molecule has 0 aromatic rings. The molecule has 0 saturated carbocycles. The zero-order valence-corrected chi connectivity index (χ0v) is 12.0. The van der Waals surface area contributed by atoms with Crippen molar-refractivity contribution in [1.29, 1.82) is 0 Å². The third-order valence-corrected chi connectivity index (χ3v) is 11.5. The largest absolute Gasteiger partial charge is 0.231 e. The van der Waals surface area contributed by atoms with Crippen molar-refractivity contribution in [2.24, 2.45) is 0 Å². The van der Waals surface area contributed by atoms with E-state index in [4.69, 9.17) is 0 Å². The third-order valence-electron chi connectivity index (χ3n) is 2.40. The van der Waals surface area contributed by atoms with Crippen molar-refractivity contribution in [1.82, 2.24) is 0 Å². The summed E-state index contributed by atoms with van der Waals surface area (Å²) in [4.78, 5) is 0. The van der Waals surface area contributed by atoms with E-state index in [0.29, 0.717) is 0 Å². The van der Waals surface area contributed by atoms with Crippen molar-refractivity contribution in [3.8, 4) is 0 Å². The zero-order chi connectivity index (χ0) is 8.16. The zero-order valence-electron chi connectivity index (χ0n) is 6.82. The first-order chi connectivity index (χ1) is 5.33. The summed E-state index contributed by atoms with van der Waals surface area (Å²) >= 11 is 5.16. The van der Waals surface area contributed by atoms with Gasteiger partial charge in [0.2, 0.25) is 0 Å². The Morgan fingerprint density at radius 2 is 1.64 bits per heavy atom. The van der Waals surface area contributed by atoms with Crippen LogP contribution in [0.15, 0.2) is 0 Å². The van der Waals surface area contributed by atoms with E-state index in [2.05, 4.69) is 45.2 Å². The Bertz CT molecular complexity index is 105. The van der Waals surface area contributed by atoms with Crippen LogP contribution < -0.4 is 0 Å². The summed E-state index contributed by atoms with van der Waals surface area (Å²) in [6, 6.07) is 0. The van der Waals surface area contributed by atoms with Crippen LogP contribution in [0.5, 0.6) is 0 Å². The summed E-state index contributed by atoms with van der Waals surface area (Å²) in [5.74, 6) is 4.70. The van der Waals surface area contributed by atoms with Gasteiger partial charge in [-0.2, -0.15) is 0 Å². The first kappa shape index (κ1) is 10.9. The molecule has 0 amide bonds. The highest BCUT2D eigenvalue weighted by Crippen LogP contribution is 2.53. The molecule has 0 radical (unpaired) electrons. The van der Waals surface area contributed by atoms with Crippen LogP contribution in [-0.4, -0.2) is 25.4 Å². The number of rotatable bonds is 3. The molecule has 1 heterocycles. The molecule has 0 atom stereocenters. The van der Waals surface area contributed by atoms with E-state index < -0.39 is 0 Å². The number of hydrogen-bond acceptors (Lipinski definition) is 0. The summed E-state index contributed by atoms with van der Waals surface area (Å²) in [7, 11) is -0.106. The maximum atomic E-state index is 2.62. The van der Waals surface area contributed by atoms with Crippen LogP contribution in [0.4, 0.5) is 0 Å². The number of halogens is 2. The Kier molecular flexibility index (Phi) is 5.47. The molecular formula is C8H16I2S. The normalized spacial score (nSPS) is 26.4. The van der Waals surface area contributed by atoms with E-state index in [1.165, 1.54) is 33.2 Å². The van der Waals surface area contributed by atoms with Gasteiger partial charge in [-0.15, -0.1) is 0 Å². The first-order valence-corrected chi connectivity index (χ1v) is 9.55. The van der Waals surface area contributed by atoms with E-state index in [0.717, 1.165) is 0 Å². The van der Waals surface area contributed by atoms with Gasteiger partial charge in [0.15, 0.2) is 0 Å². The van der Waals surface area contributed by atoms with Crippen LogP contribution in [0.2, 0.25) is 0 Å². The van der Waals surface area contributed by atoms with Crippen LogP contribution in [0.25, 0.3) is 0 Å². The van der Waals surface area contributed by atoms with Gasteiger partial charge < -0.3 is 0 Å². The standard InChI is InChI=1S/C8H16I2S/c9-4-7-11(8-10)5-2-1-3-6-11/h1-8H2. The molecule has 11 heavy (non-hydrogen) atoms. The maximum Gasteiger partial charge on any atom is 0.0298 e. The molecule has 0 nitrogen and oxygen atoms in total. The smallest absolute Gasteiger partial charge is 0.0298 e. The number of hydrogen-bond donors (Lipinski definition) is 0. The second-order valence-electron chi connectivity index (χ2n) is 3.20. The van der Waals surface area contributed by atoms with Crippen molar-refractivity contribution >= 4 is 55.2 Å². The van der Waals surface area contributed by atoms with Crippen molar-refractivity contribution in [3.63, 3.8) is 0 Å². The van der Waals surface area contributed by atoms with Gasteiger partial charge in [-0.1, -0.05) is 51.6 Å². The first-order valence-electron chi connectivity index (χ1n) is 4.19. The lowest BCUT2D eigenvalue weighted by molar-refractivity contribution is 0.754. The highest BCUT2D eigenvalue weighted by Gasteiger charge is 2.24. The average molecular weight is 398 g/mol. The lowest BCUT2D eigenvalue weighted by atomic mass is 10.3. The SMILES string of the molecule is ICCS1(CI)CCCCC1. The van der Waals surface area contributed by atoms with Gasteiger partial charge in [-0.3, -0.25) is 0 Å². The summed E-state index contributed by atoms with van der Waals surface area (Å²) < 4.78 is 2.85. The Balaban J connectivity index is 2.42. The second-order valence-corrected chi connectivity index (χ2v) is 10.0. The monoisotopic (exact) mass is 398 g/mol. The summed E-state index contributed by atoms with van der Waals surface area (Å²) in [6.45, 7) is 0. The maximum absolute atomic E-state index is 2.62. The highest BCUT2D eigenvalue weighted by molar-refractivity contribution is 14.1. The Hall–Kier alpha value is 1.81. The molecule has 0 aliphatic carbocycles. The molecule has 1 fully saturated rings. The summed E-state index contributed by atoms with van der Waals surface area (Å²) in [6.07, 6.45) is 4.55. The van der Waals surface area contributed by atoms with Crippen molar-refractivity contribution in [2.75, 3.05) is 25.4 Å². The van der Waals surface area contributed by atoms with E-state index in [1.807, 2.05) is 0 Å². The molecule has 3 heteroatoms. The molecule has 0 spiro atoms. The van der Waals surface area contributed by atoms with Crippen LogP contribution in [0.1, 0.15) is 19.3 Å². The van der Waals surface area contributed by atoms with Gasteiger partial charge in [0.25, 0.3) is 0 Å². The van der Waals surface area contributed by atoms with Crippen LogP contribution in [-0.2, 0) is 0 Å². The minimum Gasteiger partial charge on any atom is -0.231 e. The van der Waals surface area contributed by atoms with Crippen LogP contribution in [0, 0.1) is 0 Å². The Morgan fingerprint density at radius 1 is 1.00 bits per heavy atom. The fourth-order valence-electron chi connectivity index (χ4n) is 1.63. The average Bonchev–Trinajstić information content (AvgIpc) is 2.07. The molecular weight excluding hydrogens is 382 g/mol. The topological polar surface area (TPSA) is 0 Å². The van der Waals surface area contributed by atoms with E-state index in [-0.39, 0.29) is 10.0 Å². The molecule has 1 aliphatic heterocycles. The fourth-order valence-corrected chi connectivity index (χ4v) is 10.1. The van der Waals surface area contributed by atoms with Gasteiger partial charge in [-0.25, -0.2) is 10.0 Å². The van der Waals surface area contributed by atoms with Gasteiger partial charge in [0.05, 0.1) is 0 Å². The molecule has 1 aliphatic rings. The Morgan fingerprint density at radius 3 is 2.09 bits per heavy atom. The molecule has 1 rings (SSSR count). The fraction of sp³-hybridized carbons (Fsp3) is 1.00. The third kappa shape index (κ3) is 3.21. The minimum atomic E-state index is -0.106. The van der Waals surface area contributed by atoms with Gasteiger partial charge in [0, 0.05) is 8.19 Å². The van der Waals surface area contributed by atoms with Gasteiger partial charge in [0.1, 0.15) is 0 Å². The van der Waals surface area contributed by atoms with E-state index in [1.54, 1.807) is 11.5 Å². The van der Waals surface area contributed by atoms with E-state index in [9.17, 15) is 0 Å². The molecule has 0 unspecified atom stereocenters. The molecule has 0 aromatic carbocycles. The molecule has 0 N–H and O–H groups in total. The Labute approximate surface area is 98.9 Å². The molecule has 0 aromatic heterocycles. The number of alkyl halides is 2. The van der Waals surface area contributed by atoms with Gasteiger partial charge >= 0.3 is 0 Å². The predicted octanol–water partition coefficient (Wildman–Crippen LogP) is 3.80. The van der Waals surface area contributed by atoms with Crippen molar-refractivity contribution in [3.05, 3.63) is 0 Å². The van der Waals surface area contributed by atoms with Crippen LogP contribution in [0.3, 0.4) is 0 Å². The predicted molar refractivity (Wildman–Crippen MR) is 73.8 cm³/mol. The second kappa shape index (κ2) is 5.52. The lowest BCUT2D eigenvalue weighted by Crippen LogP contribution is -2.19. The summed E-state index contributed by atoms with van der Waals surface area (Å²) in [5, 5.41) is 0. The highest BCUT2D eigenvalue weighted by atomic mass is 127.